The van der Waals surface area contributed by atoms with Gasteiger partial charge in [0.2, 0.25) is 5.95 Å². The fourth-order valence-corrected chi connectivity index (χ4v) is 3.81. The molecule has 24 heavy (non-hydrogen) atoms. The molecule has 7 nitrogen and oxygen atoms in total. The van der Waals surface area contributed by atoms with Gasteiger partial charge in [0, 0.05) is 17.1 Å². The Morgan fingerprint density at radius 1 is 1.21 bits per heavy atom. The summed E-state index contributed by atoms with van der Waals surface area (Å²) in [6.45, 7) is 0. The van der Waals surface area contributed by atoms with Crippen LogP contribution >= 0.6 is 0 Å². The molecular formula is C17H18N6O. The van der Waals surface area contributed by atoms with E-state index in [1.165, 1.54) is 6.42 Å². The summed E-state index contributed by atoms with van der Waals surface area (Å²) < 4.78 is 5.92. The Kier molecular flexibility index (Phi) is 2.96. The molecule has 2 saturated heterocycles. The summed E-state index contributed by atoms with van der Waals surface area (Å²) in [7, 11) is 0. The first-order chi connectivity index (χ1) is 11.8. The number of fused-ring (bicyclic) bond motifs is 3. The lowest BCUT2D eigenvalue weighted by Crippen LogP contribution is -2.31. The second-order valence-electron chi connectivity index (χ2n) is 6.49. The van der Waals surface area contributed by atoms with Crippen molar-refractivity contribution >= 4 is 22.7 Å². The number of nitrogens with zero attached hydrogens (tertiary/aromatic N) is 3. The van der Waals surface area contributed by atoms with E-state index >= 15 is 0 Å². The molecule has 2 aromatic heterocycles. The predicted octanol–water partition coefficient (Wildman–Crippen LogP) is 2.33. The van der Waals surface area contributed by atoms with Gasteiger partial charge < -0.3 is 15.8 Å². The van der Waals surface area contributed by atoms with Gasteiger partial charge in [-0.25, -0.2) is 4.98 Å². The van der Waals surface area contributed by atoms with Gasteiger partial charge in [0.15, 0.2) is 0 Å². The number of aromatic amines is 1. The zero-order valence-corrected chi connectivity index (χ0v) is 13.1. The van der Waals surface area contributed by atoms with Crippen LogP contribution < -0.4 is 11.1 Å². The summed E-state index contributed by atoms with van der Waals surface area (Å²) in [5, 5.41) is 11.5. The Balaban J connectivity index is 1.53. The average Bonchev–Trinajstić information content (AvgIpc) is 3.32. The van der Waals surface area contributed by atoms with E-state index in [0.717, 1.165) is 40.8 Å². The van der Waals surface area contributed by atoms with Gasteiger partial charge in [0.25, 0.3) is 0 Å². The van der Waals surface area contributed by atoms with Gasteiger partial charge in [-0.05, 0) is 37.5 Å². The van der Waals surface area contributed by atoms with Gasteiger partial charge in [-0.3, -0.25) is 5.10 Å². The number of H-pyrrole nitrogens is 1. The van der Waals surface area contributed by atoms with Crippen molar-refractivity contribution in [3.05, 3.63) is 30.5 Å². The topological polar surface area (TPSA) is 102 Å². The lowest BCUT2D eigenvalue weighted by Gasteiger charge is -2.21. The van der Waals surface area contributed by atoms with Crippen LogP contribution in [0.1, 0.15) is 19.3 Å². The molecule has 2 bridgehead atoms. The molecule has 0 saturated carbocycles. The molecule has 2 aliphatic rings. The minimum atomic E-state index is 0.274. The molecule has 2 fully saturated rings. The second kappa shape index (κ2) is 5.17. The number of aromatic nitrogens is 4. The van der Waals surface area contributed by atoms with E-state index in [1.807, 2.05) is 24.3 Å². The van der Waals surface area contributed by atoms with Crippen LogP contribution in [-0.4, -0.2) is 38.4 Å². The lowest BCUT2D eigenvalue weighted by molar-refractivity contribution is 0.102. The van der Waals surface area contributed by atoms with Crippen molar-refractivity contribution in [3.8, 4) is 11.3 Å². The third-order valence-corrected chi connectivity index (χ3v) is 4.95. The van der Waals surface area contributed by atoms with Crippen molar-refractivity contribution in [3.63, 3.8) is 0 Å². The molecule has 3 atom stereocenters. The highest BCUT2D eigenvalue weighted by Gasteiger charge is 2.41. The standard InChI is InChI=1S/C17H18N6O/c18-17-21-13-7-9(12-5-6-19-23-12)1-3-11(13)16(22-17)20-14-8-10-2-4-15(14)24-10/h1,3,5-7,10,14-15H,2,4,8H2,(H,19,23)(H3,18,20,21,22)/t10-,14-,15+/m0/s1. The molecule has 0 spiro atoms. The average molecular weight is 322 g/mol. The largest absolute Gasteiger partial charge is 0.373 e. The molecule has 0 radical (unpaired) electrons. The summed E-state index contributed by atoms with van der Waals surface area (Å²) in [6.07, 6.45) is 5.72. The van der Waals surface area contributed by atoms with Crippen molar-refractivity contribution in [2.45, 2.75) is 37.5 Å². The summed E-state index contributed by atoms with van der Waals surface area (Å²) in [4.78, 5) is 8.81. The van der Waals surface area contributed by atoms with Crippen molar-refractivity contribution in [1.29, 1.82) is 0 Å². The van der Waals surface area contributed by atoms with E-state index in [0.29, 0.717) is 12.1 Å². The summed E-state index contributed by atoms with van der Waals surface area (Å²) in [5.74, 6) is 1.06. The minimum absolute atomic E-state index is 0.274. The molecule has 3 aromatic rings. The lowest BCUT2D eigenvalue weighted by atomic mass is 9.95. The van der Waals surface area contributed by atoms with Crippen molar-refractivity contribution in [1.82, 2.24) is 20.2 Å². The van der Waals surface area contributed by atoms with Gasteiger partial charge in [0.05, 0.1) is 29.5 Å². The van der Waals surface area contributed by atoms with Crippen molar-refractivity contribution in [2.75, 3.05) is 11.1 Å². The molecular weight excluding hydrogens is 304 g/mol. The monoisotopic (exact) mass is 322 g/mol. The molecule has 5 rings (SSSR count). The van der Waals surface area contributed by atoms with Gasteiger partial charge in [-0.15, -0.1) is 0 Å². The molecule has 0 amide bonds. The number of nitrogens with one attached hydrogen (secondary N) is 2. The van der Waals surface area contributed by atoms with Crippen molar-refractivity contribution < 1.29 is 4.74 Å². The van der Waals surface area contributed by atoms with Gasteiger partial charge in [0.1, 0.15) is 5.82 Å². The molecule has 0 aliphatic carbocycles. The molecule has 0 unspecified atom stereocenters. The number of nitrogens with two attached hydrogens (primary N) is 1. The normalized spacial score (nSPS) is 25.4. The quantitative estimate of drug-likeness (QED) is 0.684. The Hall–Kier alpha value is -2.67. The number of rotatable bonds is 3. The van der Waals surface area contributed by atoms with Crippen LogP contribution in [0.2, 0.25) is 0 Å². The number of hydrogen-bond donors (Lipinski definition) is 3. The van der Waals surface area contributed by atoms with Crippen LogP contribution in [0, 0.1) is 0 Å². The molecule has 122 valence electrons. The maximum Gasteiger partial charge on any atom is 0.222 e. The maximum absolute atomic E-state index is 5.93. The number of hydrogen-bond acceptors (Lipinski definition) is 6. The van der Waals surface area contributed by atoms with Crippen LogP contribution in [0.4, 0.5) is 11.8 Å². The Morgan fingerprint density at radius 3 is 2.92 bits per heavy atom. The van der Waals surface area contributed by atoms with Gasteiger partial charge in [-0.1, -0.05) is 6.07 Å². The first-order valence-corrected chi connectivity index (χ1v) is 8.25. The summed E-state index contributed by atoms with van der Waals surface area (Å²) in [6, 6.07) is 8.30. The number of nitrogen functional groups attached to an aromatic ring is 1. The van der Waals surface area contributed by atoms with Crippen LogP contribution in [-0.2, 0) is 4.74 Å². The second-order valence-corrected chi connectivity index (χ2v) is 6.49. The highest BCUT2D eigenvalue weighted by atomic mass is 16.5. The molecule has 4 N–H and O–H groups in total. The SMILES string of the molecule is Nc1nc(N[C@H]2C[C@@H]3CC[C@H]2O3)c2ccc(-c3ccn[nH]3)cc2n1. The predicted molar refractivity (Wildman–Crippen MR) is 91.5 cm³/mol. The molecule has 7 heteroatoms. The fourth-order valence-electron chi connectivity index (χ4n) is 3.81. The Bertz CT molecular complexity index is 893. The summed E-state index contributed by atoms with van der Waals surface area (Å²) >= 11 is 0. The zero-order valence-electron chi connectivity index (χ0n) is 13.1. The summed E-state index contributed by atoms with van der Waals surface area (Å²) in [5.41, 5.74) is 8.72. The Labute approximate surface area is 138 Å². The highest BCUT2D eigenvalue weighted by molar-refractivity contribution is 5.92. The van der Waals surface area contributed by atoms with E-state index in [4.69, 9.17) is 10.5 Å². The molecule has 2 aliphatic heterocycles. The van der Waals surface area contributed by atoms with Crippen LogP contribution in [0.5, 0.6) is 0 Å². The molecule has 4 heterocycles. The van der Waals surface area contributed by atoms with E-state index in [9.17, 15) is 0 Å². The highest BCUT2D eigenvalue weighted by Crippen LogP contribution is 2.37. The van der Waals surface area contributed by atoms with E-state index in [-0.39, 0.29) is 12.1 Å². The van der Waals surface area contributed by atoms with Crippen LogP contribution in [0.3, 0.4) is 0 Å². The third kappa shape index (κ3) is 2.20. The minimum Gasteiger partial charge on any atom is -0.373 e. The first kappa shape index (κ1) is 13.7. The number of anilines is 2. The zero-order chi connectivity index (χ0) is 16.1. The van der Waals surface area contributed by atoms with Gasteiger partial charge in [-0.2, -0.15) is 10.1 Å². The van der Waals surface area contributed by atoms with Crippen molar-refractivity contribution in [2.24, 2.45) is 0 Å². The fraction of sp³-hybridized carbons (Fsp3) is 0.353. The number of ether oxygens (including phenoxy) is 1. The van der Waals surface area contributed by atoms with E-state index in [1.54, 1.807) is 6.20 Å². The van der Waals surface area contributed by atoms with Crippen LogP contribution in [0.25, 0.3) is 22.2 Å². The maximum atomic E-state index is 5.93. The first-order valence-electron chi connectivity index (χ1n) is 8.25. The number of benzene rings is 1. The van der Waals surface area contributed by atoms with Crippen LogP contribution in [0.15, 0.2) is 30.5 Å². The smallest absolute Gasteiger partial charge is 0.222 e. The Morgan fingerprint density at radius 2 is 2.17 bits per heavy atom. The van der Waals surface area contributed by atoms with E-state index in [2.05, 4.69) is 25.5 Å². The molecule has 1 aromatic carbocycles. The van der Waals surface area contributed by atoms with E-state index < -0.39 is 0 Å². The van der Waals surface area contributed by atoms with Gasteiger partial charge >= 0.3 is 0 Å². The third-order valence-electron chi connectivity index (χ3n) is 4.95.